The Morgan fingerprint density at radius 1 is 1.23 bits per heavy atom. The average Bonchev–Trinajstić information content (AvgIpc) is 3.24. The number of benzene rings is 1. The number of thiophene rings is 1. The molecule has 0 fully saturated rings. The van der Waals surface area contributed by atoms with Crippen molar-refractivity contribution in [1.29, 1.82) is 0 Å². The Morgan fingerprint density at radius 2 is 2.03 bits per heavy atom. The molecule has 0 aliphatic heterocycles. The smallest absolute Gasteiger partial charge is 0.316 e. The van der Waals surface area contributed by atoms with E-state index in [0.717, 1.165) is 6.42 Å². The molecule has 0 spiro atoms. The third-order valence-corrected chi connectivity index (χ3v) is 6.36. The maximum Gasteiger partial charge on any atom is 0.316 e. The van der Waals surface area contributed by atoms with E-state index in [9.17, 15) is 14.4 Å². The first-order chi connectivity index (χ1) is 15.1. The number of amides is 1. The number of carbonyl (C=O) groups is 2. The molecule has 0 saturated heterocycles. The first-order valence-corrected chi connectivity index (χ1v) is 12.0. The zero-order chi connectivity index (χ0) is 22.1. The van der Waals surface area contributed by atoms with Gasteiger partial charge in [-0.05, 0) is 36.8 Å². The van der Waals surface area contributed by atoms with E-state index < -0.39 is 0 Å². The molecule has 0 saturated carbocycles. The minimum atomic E-state index is -0.350. The number of nitrogens with zero attached hydrogens (tertiary/aromatic N) is 2. The van der Waals surface area contributed by atoms with Crippen molar-refractivity contribution in [3.8, 4) is 0 Å². The van der Waals surface area contributed by atoms with Crippen LogP contribution in [0.15, 0.2) is 51.7 Å². The zero-order valence-electron chi connectivity index (χ0n) is 17.3. The van der Waals surface area contributed by atoms with Gasteiger partial charge in [-0.2, -0.15) is 0 Å². The molecular formula is C22H25N3O4S2. The fraction of sp³-hybridized carbons (Fsp3) is 0.364. The lowest BCUT2D eigenvalue weighted by atomic mass is 10.1. The van der Waals surface area contributed by atoms with Gasteiger partial charge in [0, 0.05) is 19.5 Å². The summed E-state index contributed by atoms with van der Waals surface area (Å²) in [5.41, 5.74) is 1.65. The van der Waals surface area contributed by atoms with Gasteiger partial charge in [0.05, 0.1) is 17.9 Å². The summed E-state index contributed by atoms with van der Waals surface area (Å²) < 4.78 is 7.09. The highest BCUT2D eigenvalue weighted by molar-refractivity contribution is 7.99. The van der Waals surface area contributed by atoms with Crippen molar-refractivity contribution in [2.75, 3.05) is 18.9 Å². The molecule has 0 aliphatic rings. The van der Waals surface area contributed by atoms with Crippen LogP contribution in [0.25, 0.3) is 10.2 Å². The Morgan fingerprint density at radius 3 is 2.81 bits per heavy atom. The second kappa shape index (κ2) is 11.7. The van der Waals surface area contributed by atoms with Crippen LogP contribution in [0.3, 0.4) is 0 Å². The predicted molar refractivity (Wildman–Crippen MR) is 124 cm³/mol. The Hall–Kier alpha value is -2.65. The van der Waals surface area contributed by atoms with E-state index in [-0.39, 0.29) is 23.2 Å². The number of ether oxygens (including phenoxy) is 1. The van der Waals surface area contributed by atoms with E-state index in [0.29, 0.717) is 47.9 Å². The number of esters is 1. The number of rotatable bonds is 11. The maximum absolute atomic E-state index is 12.9. The van der Waals surface area contributed by atoms with Gasteiger partial charge in [-0.3, -0.25) is 19.0 Å². The van der Waals surface area contributed by atoms with Crippen LogP contribution >= 0.6 is 23.1 Å². The number of aromatic nitrogens is 2. The molecule has 1 amide bonds. The molecule has 3 aromatic rings. The monoisotopic (exact) mass is 459 g/mol. The highest BCUT2D eigenvalue weighted by Crippen LogP contribution is 2.21. The minimum absolute atomic E-state index is 0.0464. The summed E-state index contributed by atoms with van der Waals surface area (Å²) in [6, 6.07) is 11.8. The summed E-state index contributed by atoms with van der Waals surface area (Å²) >= 11 is 2.52. The van der Waals surface area contributed by atoms with E-state index in [1.807, 2.05) is 35.7 Å². The Bertz CT molecular complexity index is 1080. The molecule has 1 aromatic carbocycles. The summed E-state index contributed by atoms with van der Waals surface area (Å²) in [6.45, 7) is 2.99. The first kappa shape index (κ1) is 23.0. The lowest BCUT2D eigenvalue weighted by Gasteiger charge is -2.12. The first-order valence-electron chi connectivity index (χ1n) is 10.2. The number of hydrogen-bond donors (Lipinski definition) is 1. The van der Waals surface area contributed by atoms with Gasteiger partial charge in [-0.15, -0.1) is 11.3 Å². The molecule has 0 bridgehead atoms. The SMILES string of the molecule is CCOC(=O)CSc1nc2ccsc2c(=O)n1CCCC(=O)NCCc1ccccc1. The standard InChI is InChI=1S/C22H25N3O4S2/c1-2-29-19(27)15-31-22-24-17-11-14-30-20(17)21(28)25(22)13-6-9-18(26)23-12-10-16-7-4-3-5-8-16/h3-5,7-8,11,14H,2,6,9-10,12-13,15H2,1H3,(H,23,26). The Kier molecular flexibility index (Phi) is 8.66. The van der Waals surface area contributed by atoms with Crippen molar-refractivity contribution in [2.45, 2.75) is 37.9 Å². The topological polar surface area (TPSA) is 90.3 Å². The molecule has 1 N–H and O–H groups in total. The van der Waals surface area contributed by atoms with Crippen LogP contribution in [0.1, 0.15) is 25.3 Å². The van der Waals surface area contributed by atoms with E-state index in [1.165, 1.54) is 28.7 Å². The number of carbonyl (C=O) groups excluding carboxylic acids is 2. The van der Waals surface area contributed by atoms with Crippen molar-refractivity contribution in [2.24, 2.45) is 0 Å². The number of nitrogens with one attached hydrogen (secondary N) is 1. The summed E-state index contributed by atoms with van der Waals surface area (Å²) in [7, 11) is 0. The Balaban J connectivity index is 1.57. The van der Waals surface area contributed by atoms with Crippen LogP contribution < -0.4 is 10.9 Å². The van der Waals surface area contributed by atoms with Gasteiger partial charge in [0.1, 0.15) is 4.70 Å². The Labute approximate surface area is 188 Å². The average molecular weight is 460 g/mol. The van der Waals surface area contributed by atoms with Crippen molar-refractivity contribution in [3.05, 3.63) is 57.7 Å². The van der Waals surface area contributed by atoms with E-state index in [2.05, 4.69) is 10.3 Å². The van der Waals surface area contributed by atoms with Gasteiger partial charge in [-0.25, -0.2) is 4.98 Å². The molecule has 3 rings (SSSR count). The summed E-state index contributed by atoms with van der Waals surface area (Å²) in [6.07, 6.45) is 1.59. The van der Waals surface area contributed by atoms with Gasteiger partial charge in [0.15, 0.2) is 5.16 Å². The van der Waals surface area contributed by atoms with Gasteiger partial charge >= 0.3 is 5.97 Å². The highest BCUT2D eigenvalue weighted by Gasteiger charge is 2.15. The normalized spacial score (nSPS) is 10.9. The van der Waals surface area contributed by atoms with Crippen molar-refractivity contribution in [1.82, 2.24) is 14.9 Å². The highest BCUT2D eigenvalue weighted by atomic mass is 32.2. The summed E-state index contributed by atoms with van der Waals surface area (Å²) in [5.74, 6) is -0.318. The van der Waals surface area contributed by atoms with E-state index >= 15 is 0 Å². The van der Waals surface area contributed by atoms with E-state index in [4.69, 9.17) is 4.74 Å². The molecule has 0 aliphatic carbocycles. The maximum atomic E-state index is 12.9. The van der Waals surface area contributed by atoms with Crippen LogP contribution in [0.2, 0.25) is 0 Å². The number of fused-ring (bicyclic) bond motifs is 1. The number of hydrogen-bond acceptors (Lipinski definition) is 7. The molecule has 31 heavy (non-hydrogen) atoms. The van der Waals surface area contributed by atoms with Crippen molar-refractivity contribution < 1.29 is 14.3 Å². The van der Waals surface area contributed by atoms with Crippen LogP contribution in [-0.4, -0.2) is 40.3 Å². The van der Waals surface area contributed by atoms with E-state index in [1.54, 1.807) is 17.6 Å². The van der Waals surface area contributed by atoms with Crippen LogP contribution in [0, 0.1) is 0 Å². The molecule has 0 radical (unpaired) electrons. The molecule has 2 heterocycles. The van der Waals surface area contributed by atoms with Crippen LogP contribution in [0.5, 0.6) is 0 Å². The van der Waals surface area contributed by atoms with Gasteiger partial charge in [-0.1, -0.05) is 42.1 Å². The van der Waals surface area contributed by atoms with Crippen LogP contribution in [-0.2, 0) is 27.3 Å². The van der Waals surface area contributed by atoms with Crippen molar-refractivity contribution in [3.63, 3.8) is 0 Å². The largest absolute Gasteiger partial charge is 0.465 e. The van der Waals surface area contributed by atoms with Gasteiger partial charge < -0.3 is 10.1 Å². The second-order valence-corrected chi connectivity index (χ2v) is 8.63. The summed E-state index contributed by atoms with van der Waals surface area (Å²) in [5, 5.41) is 5.21. The molecule has 164 valence electrons. The zero-order valence-corrected chi connectivity index (χ0v) is 19.0. The molecule has 7 nitrogen and oxygen atoms in total. The molecule has 9 heteroatoms. The molecule has 2 aromatic heterocycles. The lowest BCUT2D eigenvalue weighted by Crippen LogP contribution is -2.27. The van der Waals surface area contributed by atoms with Gasteiger partial charge in [0.2, 0.25) is 5.91 Å². The summed E-state index contributed by atoms with van der Waals surface area (Å²) in [4.78, 5) is 41.3. The molecule has 0 atom stereocenters. The minimum Gasteiger partial charge on any atom is -0.465 e. The predicted octanol–water partition coefficient (Wildman–Crippen LogP) is 3.25. The lowest BCUT2D eigenvalue weighted by molar-refractivity contribution is -0.139. The quantitative estimate of drug-likeness (QED) is 0.269. The second-order valence-electron chi connectivity index (χ2n) is 6.77. The number of thioether (sulfide) groups is 1. The third-order valence-electron chi connectivity index (χ3n) is 4.52. The fourth-order valence-electron chi connectivity index (χ4n) is 3.03. The van der Waals surface area contributed by atoms with Crippen molar-refractivity contribution >= 4 is 45.2 Å². The van der Waals surface area contributed by atoms with Crippen LogP contribution in [0.4, 0.5) is 0 Å². The molecular weight excluding hydrogens is 434 g/mol. The molecule has 0 unspecified atom stereocenters. The fourth-order valence-corrected chi connectivity index (χ4v) is 4.64. The van der Waals surface area contributed by atoms with Gasteiger partial charge in [0.25, 0.3) is 5.56 Å². The third kappa shape index (κ3) is 6.67.